The van der Waals surface area contributed by atoms with Gasteiger partial charge >= 0.3 is 11.9 Å². The zero-order valence-electron chi connectivity index (χ0n) is 13.2. The Bertz CT molecular complexity index is 1050. The van der Waals surface area contributed by atoms with Gasteiger partial charge in [0.2, 0.25) is 5.76 Å². The summed E-state index contributed by atoms with van der Waals surface area (Å²) >= 11 is 0. The van der Waals surface area contributed by atoms with Gasteiger partial charge in [-0.2, -0.15) is 0 Å². The number of aryl methyl sites for hydroxylation is 1. The third-order valence-corrected chi connectivity index (χ3v) is 3.66. The van der Waals surface area contributed by atoms with Crippen LogP contribution in [-0.2, 0) is 11.2 Å². The van der Waals surface area contributed by atoms with E-state index in [1.807, 2.05) is 24.3 Å². The highest BCUT2D eigenvalue weighted by atomic mass is 16.5. The van der Waals surface area contributed by atoms with Crippen molar-refractivity contribution in [2.75, 3.05) is 0 Å². The molecule has 6 heteroatoms. The molecule has 0 fully saturated rings. The van der Waals surface area contributed by atoms with Crippen molar-refractivity contribution in [1.82, 2.24) is 5.16 Å². The molecule has 0 aliphatic carbocycles. The van der Waals surface area contributed by atoms with Crippen molar-refractivity contribution < 1.29 is 24.3 Å². The molecule has 0 radical (unpaired) electrons. The molecule has 124 valence electrons. The number of nitrogens with zero attached hydrogens (tertiary/aromatic N) is 1. The first-order valence-electron chi connectivity index (χ1n) is 7.40. The third kappa shape index (κ3) is 3.51. The van der Waals surface area contributed by atoms with Crippen LogP contribution in [0.25, 0.3) is 10.8 Å². The van der Waals surface area contributed by atoms with E-state index in [0.717, 1.165) is 16.3 Å². The first kappa shape index (κ1) is 16.3. The van der Waals surface area contributed by atoms with Gasteiger partial charge in [-0.05, 0) is 41.3 Å². The number of carboxylic acid groups (broad SMARTS) is 2. The minimum Gasteiger partial charge on any atom is -0.481 e. The molecule has 1 aromatic heterocycles. The van der Waals surface area contributed by atoms with E-state index in [9.17, 15) is 9.59 Å². The molecular weight excluding hydrogens is 322 g/mol. The van der Waals surface area contributed by atoms with Gasteiger partial charge in [0.1, 0.15) is 5.56 Å². The fraction of sp³-hybridized carbons (Fsp3) is 0.105. The van der Waals surface area contributed by atoms with Crippen molar-refractivity contribution in [3.63, 3.8) is 0 Å². The van der Waals surface area contributed by atoms with Gasteiger partial charge in [-0.3, -0.25) is 4.79 Å². The van der Waals surface area contributed by atoms with Crippen LogP contribution in [0.4, 0.5) is 0 Å². The molecule has 3 rings (SSSR count). The molecule has 0 saturated heterocycles. The second-order valence-electron chi connectivity index (χ2n) is 5.49. The fourth-order valence-corrected chi connectivity index (χ4v) is 2.49. The number of rotatable bonds is 3. The lowest BCUT2D eigenvalue weighted by Crippen LogP contribution is -1.99. The first-order chi connectivity index (χ1) is 11.9. The Balaban J connectivity index is 1.94. The largest absolute Gasteiger partial charge is 0.481 e. The van der Waals surface area contributed by atoms with Crippen molar-refractivity contribution in [3.05, 3.63) is 64.5 Å². The molecule has 25 heavy (non-hydrogen) atoms. The minimum atomic E-state index is -1.13. The number of hydrogen-bond acceptors (Lipinski definition) is 4. The molecule has 2 aromatic carbocycles. The van der Waals surface area contributed by atoms with Crippen molar-refractivity contribution in [3.8, 4) is 11.8 Å². The summed E-state index contributed by atoms with van der Waals surface area (Å²) in [4.78, 5) is 22.0. The molecule has 0 atom stereocenters. The molecule has 2 N–H and O–H groups in total. The Morgan fingerprint density at radius 3 is 2.52 bits per heavy atom. The van der Waals surface area contributed by atoms with Gasteiger partial charge in [0.05, 0.1) is 12.1 Å². The van der Waals surface area contributed by atoms with Crippen LogP contribution in [0.1, 0.15) is 32.9 Å². The molecule has 0 amide bonds. The highest BCUT2D eigenvalue weighted by Gasteiger charge is 2.17. The number of aromatic carboxylic acids is 1. The van der Waals surface area contributed by atoms with Gasteiger partial charge in [-0.1, -0.05) is 35.3 Å². The Morgan fingerprint density at radius 2 is 1.80 bits per heavy atom. The van der Waals surface area contributed by atoms with Gasteiger partial charge in [0, 0.05) is 5.56 Å². The summed E-state index contributed by atoms with van der Waals surface area (Å²) in [6, 6.07) is 10.9. The van der Waals surface area contributed by atoms with Crippen molar-refractivity contribution >= 4 is 22.7 Å². The molecular formula is C19H13NO5. The number of carboxylic acids is 2. The standard InChI is InChI=1S/C19H13NO5/c1-11-18(19(23)24)16(25-20-11)7-4-12-2-5-15-9-13(10-17(21)22)3-6-14(15)8-12/h2-3,5-6,8-9H,10H2,1H3,(H,21,22)(H,23,24). The van der Waals surface area contributed by atoms with Gasteiger partial charge < -0.3 is 14.7 Å². The Kier molecular flexibility index (Phi) is 4.23. The SMILES string of the molecule is Cc1noc(C#Cc2ccc3cc(CC(=O)O)ccc3c2)c1C(=O)O. The number of benzene rings is 2. The lowest BCUT2D eigenvalue weighted by molar-refractivity contribution is -0.136. The summed E-state index contributed by atoms with van der Waals surface area (Å²) in [7, 11) is 0. The van der Waals surface area contributed by atoms with E-state index >= 15 is 0 Å². The quantitative estimate of drug-likeness (QED) is 0.714. The molecule has 1 heterocycles. The summed E-state index contributed by atoms with van der Waals surface area (Å²) in [5.41, 5.74) is 1.65. The van der Waals surface area contributed by atoms with Crippen LogP contribution in [0.15, 0.2) is 40.9 Å². The van der Waals surface area contributed by atoms with Crippen molar-refractivity contribution in [2.45, 2.75) is 13.3 Å². The number of carbonyl (C=O) groups is 2. The Labute approximate surface area is 142 Å². The van der Waals surface area contributed by atoms with Crippen LogP contribution in [-0.4, -0.2) is 27.3 Å². The average molecular weight is 335 g/mol. The van der Waals surface area contributed by atoms with Gasteiger partial charge in [0.25, 0.3) is 0 Å². The zero-order chi connectivity index (χ0) is 18.0. The van der Waals surface area contributed by atoms with Crippen LogP contribution < -0.4 is 0 Å². The smallest absolute Gasteiger partial charge is 0.342 e. The minimum absolute atomic E-state index is 0.0157. The van der Waals surface area contributed by atoms with E-state index in [4.69, 9.17) is 14.7 Å². The lowest BCUT2D eigenvalue weighted by Gasteiger charge is -2.02. The van der Waals surface area contributed by atoms with E-state index in [0.29, 0.717) is 5.56 Å². The number of aromatic nitrogens is 1. The Morgan fingerprint density at radius 1 is 1.08 bits per heavy atom. The van der Waals surface area contributed by atoms with Crippen LogP contribution in [0, 0.1) is 18.8 Å². The predicted octanol–water partition coefficient (Wildman–Crippen LogP) is 2.86. The molecule has 0 aliphatic heterocycles. The van der Waals surface area contributed by atoms with Crippen LogP contribution in [0.5, 0.6) is 0 Å². The Hall–Kier alpha value is -3.59. The first-order valence-corrected chi connectivity index (χ1v) is 7.40. The van der Waals surface area contributed by atoms with E-state index in [1.165, 1.54) is 0 Å². The average Bonchev–Trinajstić information content (AvgIpc) is 2.93. The number of aliphatic carboxylic acids is 1. The maximum atomic E-state index is 11.2. The monoisotopic (exact) mass is 335 g/mol. The second-order valence-corrected chi connectivity index (χ2v) is 5.49. The van der Waals surface area contributed by atoms with Gasteiger partial charge in [0.15, 0.2) is 0 Å². The van der Waals surface area contributed by atoms with E-state index in [-0.39, 0.29) is 23.4 Å². The number of hydrogen-bond donors (Lipinski definition) is 2. The topological polar surface area (TPSA) is 101 Å². The predicted molar refractivity (Wildman–Crippen MR) is 89.5 cm³/mol. The van der Waals surface area contributed by atoms with Crippen molar-refractivity contribution in [2.24, 2.45) is 0 Å². The maximum Gasteiger partial charge on any atom is 0.342 e. The molecule has 0 aliphatic rings. The third-order valence-electron chi connectivity index (χ3n) is 3.66. The van der Waals surface area contributed by atoms with Crippen LogP contribution >= 0.6 is 0 Å². The zero-order valence-corrected chi connectivity index (χ0v) is 13.2. The van der Waals surface area contributed by atoms with E-state index in [1.54, 1.807) is 19.1 Å². The van der Waals surface area contributed by atoms with E-state index < -0.39 is 11.9 Å². The molecule has 3 aromatic rings. The summed E-state index contributed by atoms with van der Waals surface area (Å²) in [6.07, 6.45) is -0.0275. The van der Waals surface area contributed by atoms with Gasteiger partial charge in [-0.25, -0.2) is 4.79 Å². The van der Waals surface area contributed by atoms with Crippen LogP contribution in [0.3, 0.4) is 0 Å². The summed E-state index contributed by atoms with van der Waals surface area (Å²) in [5.74, 6) is 3.57. The summed E-state index contributed by atoms with van der Waals surface area (Å²) < 4.78 is 4.96. The van der Waals surface area contributed by atoms with Gasteiger partial charge in [-0.15, -0.1) is 0 Å². The molecule has 6 nitrogen and oxygen atoms in total. The summed E-state index contributed by atoms with van der Waals surface area (Å²) in [6.45, 7) is 1.54. The molecule has 0 bridgehead atoms. The second kappa shape index (κ2) is 6.49. The highest BCUT2D eigenvalue weighted by molar-refractivity contribution is 5.91. The molecule has 0 spiro atoms. The molecule has 0 saturated carbocycles. The van der Waals surface area contributed by atoms with E-state index in [2.05, 4.69) is 17.0 Å². The lowest BCUT2D eigenvalue weighted by atomic mass is 10.0. The number of fused-ring (bicyclic) bond motifs is 1. The fourth-order valence-electron chi connectivity index (χ4n) is 2.49. The normalized spacial score (nSPS) is 10.3. The van der Waals surface area contributed by atoms with Crippen LogP contribution in [0.2, 0.25) is 0 Å². The molecule has 0 unspecified atom stereocenters. The maximum absolute atomic E-state index is 11.2. The highest BCUT2D eigenvalue weighted by Crippen LogP contribution is 2.19. The summed E-state index contributed by atoms with van der Waals surface area (Å²) in [5, 5.41) is 23.4. The van der Waals surface area contributed by atoms with Crippen molar-refractivity contribution in [1.29, 1.82) is 0 Å².